The van der Waals surface area contributed by atoms with E-state index in [2.05, 4.69) is 34.9 Å². The second-order valence-corrected chi connectivity index (χ2v) is 13.8. The highest BCUT2D eigenvalue weighted by Crippen LogP contribution is 2.48. The topological polar surface area (TPSA) is 139 Å². The number of carbonyl (C=O) groups is 1. The first kappa shape index (κ1) is 30.4. The van der Waals surface area contributed by atoms with Gasteiger partial charge in [-0.15, -0.1) is 0 Å². The van der Waals surface area contributed by atoms with Gasteiger partial charge in [-0.3, -0.25) is 14.4 Å². The Morgan fingerprint density at radius 3 is 2.78 bits per heavy atom. The van der Waals surface area contributed by atoms with Crippen molar-refractivity contribution in [3.8, 4) is 12.1 Å². The Bertz CT molecular complexity index is 1730. The third kappa shape index (κ3) is 5.15. The molecule has 5 heterocycles. The highest BCUT2D eigenvalue weighted by atomic mass is 16.5. The molecular formula is C34H43N9O3. The van der Waals surface area contributed by atoms with E-state index in [-0.39, 0.29) is 11.4 Å². The Morgan fingerprint density at radius 2 is 2.02 bits per heavy atom. The SMILES string of the molecule is CN(C)C(=O)c1cc2n(n1)CCCN(c1nc(OC[C@]3(C)CCCN3C)nc3c1CO[C@]1(CCCc4ccc(N)c(C#N)c41)C3)C2. The van der Waals surface area contributed by atoms with E-state index in [0.29, 0.717) is 55.7 Å². The molecule has 3 aromatic rings. The van der Waals surface area contributed by atoms with Crippen LogP contribution in [-0.4, -0.2) is 81.8 Å². The van der Waals surface area contributed by atoms with Gasteiger partial charge in [-0.1, -0.05) is 6.07 Å². The summed E-state index contributed by atoms with van der Waals surface area (Å²) in [6.07, 6.45) is 6.15. The van der Waals surface area contributed by atoms with E-state index in [1.807, 2.05) is 22.9 Å². The molecule has 12 heteroatoms. The number of likely N-dealkylation sites (N-methyl/N-ethyl adjacent to an activating group) is 1. The summed E-state index contributed by atoms with van der Waals surface area (Å²) in [6.45, 7) is 6.08. The molecule has 0 bridgehead atoms. The lowest BCUT2D eigenvalue weighted by Crippen LogP contribution is -2.44. The van der Waals surface area contributed by atoms with Gasteiger partial charge in [0.25, 0.3) is 5.91 Å². The van der Waals surface area contributed by atoms with Crippen LogP contribution in [0.5, 0.6) is 6.01 Å². The van der Waals surface area contributed by atoms with Crippen molar-refractivity contribution in [3.63, 3.8) is 0 Å². The normalized spacial score (nSPS) is 24.1. The van der Waals surface area contributed by atoms with Crippen LogP contribution >= 0.6 is 0 Å². The quantitative estimate of drug-likeness (QED) is 0.420. The van der Waals surface area contributed by atoms with E-state index in [4.69, 9.17) is 25.2 Å². The number of fused-ring (bicyclic) bond motifs is 4. The largest absolute Gasteiger partial charge is 0.461 e. The molecule has 2 N–H and O–H groups in total. The van der Waals surface area contributed by atoms with E-state index in [0.717, 1.165) is 85.5 Å². The van der Waals surface area contributed by atoms with E-state index < -0.39 is 5.60 Å². The lowest BCUT2D eigenvalue weighted by molar-refractivity contribution is -0.0857. The molecule has 12 nitrogen and oxygen atoms in total. The fourth-order valence-corrected chi connectivity index (χ4v) is 7.71. The molecule has 0 saturated carbocycles. The van der Waals surface area contributed by atoms with Crippen LogP contribution in [0.25, 0.3) is 0 Å². The second kappa shape index (κ2) is 11.5. The summed E-state index contributed by atoms with van der Waals surface area (Å²) < 4.78 is 15.2. The molecule has 4 aliphatic rings. The average molecular weight is 626 g/mol. The van der Waals surface area contributed by atoms with Gasteiger partial charge in [0.2, 0.25) is 0 Å². The van der Waals surface area contributed by atoms with Crippen LogP contribution in [0.4, 0.5) is 11.5 Å². The molecule has 46 heavy (non-hydrogen) atoms. The van der Waals surface area contributed by atoms with Crippen molar-refractivity contribution < 1.29 is 14.3 Å². The van der Waals surface area contributed by atoms with Crippen molar-refractivity contribution in [2.75, 3.05) is 51.5 Å². The zero-order valence-electron chi connectivity index (χ0n) is 27.3. The first-order valence-corrected chi connectivity index (χ1v) is 16.3. The number of hydrogen-bond acceptors (Lipinski definition) is 10. The van der Waals surface area contributed by atoms with Crippen LogP contribution in [0.15, 0.2) is 18.2 Å². The molecular weight excluding hydrogens is 582 g/mol. The molecule has 2 atom stereocenters. The third-order valence-corrected chi connectivity index (χ3v) is 10.5. The third-order valence-electron chi connectivity index (χ3n) is 10.5. The zero-order chi connectivity index (χ0) is 32.2. The predicted molar refractivity (Wildman–Crippen MR) is 172 cm³/mol. The number of carbonyl (C=O) groups excluding carboxylic acids is 1. The maximum Gasteiger partial charge on any atom is 0.318 e. The maximum absolute atomic E-state index is 12.7. The van der Waals surface area contributed by atoms with E-state index in [1.165, 1.54) is 0 Å². The number of nitrogen functional groups attached to an aromatic ring is 1. The molecule has 3 aliphatic heterocycles. The summed E-state index contributed by atoms with van der Waals surface area (Å²) in [7, 11) is 5.62. The fourth-order valence-electron chi connectivity index (χ4n) is 7.71. The number of nitrogens with two attached hydrogens (primary N) is 1. The summed E-state index contributed by atoms with van der Waals surface area (Å²) in [6, 6.07) is 8.50. The van der Waals surface area contributed by atoms with Crippen LogP contribution in [0.2, 0.25) is 0 Å². The minimum atomic E-state index is -0.694. The number of aromatic nitrogens is 4. The van der Waals surface area contributed by atoms with Gasteiger partial charge < -0.3 is 25.0 Å². The van der Waals surface area contributed by atoms with Gasteiger partial charge in [0.15, 0.2) is 5.69 Å². The van der Waals surface area contributed by atoms with Crippen LogP contribution < -0.4 is 15.4 Å². The van der Waals surface area contributed by atoms with Gasteiger partial charge in [-0.25, -0.2) is 0 Å². The van der Waals surface area contributed by atoms with E-state index in [1.54, 1.807) is 19.0 Å². The highest BCUT2D eigenvalue weighted by Gasteiger charge is 2.45. The summed E-state index contributed by atoms with van der Waals surface area (Å²) >= 11 is 0. The highest BCUT2D eigenvalue weighted by molar-refractivity contribution is 5.92. The molecule has 1 aliphatic carbocycles. The molecule has 7 rings (SSSR count). The fraction of sp³-hybridized carbons (Fsp3) is 0.559. The summed E-state index contributed by atoms with van der Waals surface area (Å²) in [5.74, 6) is 0.676. The monoisotopic (exact) mass is 625 g/mol. The molecule has 1 saturated heterocycles. The van der Waals surface area contributed by atoms with Crippen molar-refractivity contribution in [1.82, 2.24) is 29.5 Å². The molecule has 242 valence electrons. The lowest BCUT2D eigenvalue weighted by atomic mass is 9.72. The molecule has 0 radical (unpaired) electrons. The number of likely N-dealkylation sites (tertiary alicyclic amines) is 1. The predicted octanol–water partition coefficient (Wildman–Crippen LogP) is 3.41. The Hall–Kier alpha value is -4.21. The van der Waals surface area contributed by atoms with Crippen LogP contribution in [0.1, 0.15) is 83.2 Å². The molecule has 2 aromatic heterocycles. The van der Waals surface area contributed by atoms with Crippen molar-refractivity contribution >= 4 is 17.4 Å². The smallest absolute Gasteiger partial charge is 0.318 e. The number of aryl methyl sites for hydroxylation is 2. The zero-order valence-corrected chi connectivity index (χ0v) is 27.3. The van der Waals surface area contributed by atoms with Crippen LogP contribution in [-0.2, 0) is 42.9 Å². The maximum atomic E-state index is 12.7. The minimum Gasteiger partial charge on any atom is -0.461 e. The van der Waals surface area contributed by atoms with Crippen molar-refractivity contribution in [2.24, 2.45) is 0 Å². The number of hydrogen-bond donors (Lipinski definition) is 1. The van der Waals surface area contributed by atoms with Crippen molar-refractivity contribution in [3.05, 3.63) is 57.5 Å². The number of nitrogens with zero attached hydrogens (tertiary/aromatic N) is 8. The summed E-state index contributed by atoms with van der Waals surface area (Å²) in [5.41, 5.74) is 11.8. The molecule has 1 aromatic carbocycles. The summed E-state index contributed by atoms with van der Waals surface area (Å²) in [5, 5.41) is 14.8. The number of amides is 1. The van der Waals surface area contributed by atoms with Gasteiger partial charge in [0, 0.05) is 50.4 Å². The molecule has 1 amide bonds. The number of ether oxygens (including phenoxy) is 2. The lowest BCUT2D eigenvalue weighted by Gasteiger charge is -2.43. The number of rotatable bonds is 5. The standard InChI is InChI=1S/C34H43N9O3/c1-33(11-6-13-41(33)4)21-45-32-37-28-17-34(12-5-8-22-9-10-26(36)24(18-35)29(22)34)46-20-25(28)30(38-32)42-14-7-15-43-23(19-42)16-27(39-43)31(44)40(2)3/h9-10,16H,5-8,11-15,17,19-21,36H2,1-4H3/t33-,34+/m0/s1. The van der Waals surface area contributed by atoms with Crippen LogP contribution in [0.3, 0.4) is 0 Å². The van der Waals surface area contributed by atoms with Crippen molar-refractivity contribution in [1.29, 1.82) is 5.26 Å². The van der Waals surface area contributed by atoms with Gasteiger partial charge in [0.1, 0.15) is 24.1 Å². The van der Waals surface area contributed by atoms with E-state index in [9.17, 15) is 10.1 Å². The van der Waals surface area contributed by atoms with E-state index >= 15 is 0 Å². The Kier molecular flexibility index (Phi) is 7.64. The number of benzene rings is 1. The van der Waals surface area contributed by atoms with Gasteiger partial charge >= 0.3 is 6.01 Å². The number of nitriles is 1. The van der Waals surface area contributed by atoms with Crippen molar-refractivity contribution in [2.45, 2.75) is 82.7 Å². The average Bonchev–Trinajstić information content (AvgIpc) is 3.53. The molecule has 1 spiro atoms. The first-order chi connectivity index (χ1) is 22.1. The van der Waals surface area contributed by atoms with Crippen LogP contribution in [0, 0.1) is 11.3 Å². The molecule has 1 fully saturated rings. The Labute approximate surface area is 270 Å². The summed E-state index contributed by atoms with van der Waals surface area (Å²) in [4.78, 5) is 29.0. The minimum absolute atomic E-state index is 0.0875. The van der Waals surface area contributed by atoms with Gasteiger partial charge in [-0.2, -0.15) is 20.3 Å². The van der Waals surface area contributed by atoms with Gasteiger partial charge in [-0.05, 0) is 76.7 Å². The van der Waals surface area contributed by atoms with Gasteiger partial charge in [0.05, 0.1) is 35.6 Å². The first-order valence-electron chi connectivity index (χ1n) is 16.3. The second-order valence-electron chi connectivity index (χ2n) is 13.8. The number of anilines is 2. The molecule has 0 unspecified atom stereocenters. The Balaban J connectivity index is 1.28. The Morgan fingerprint density at radius 1 is 1.17 bits per heavy atom.